The van der Waals surface area contributed by atoms with Crippen molar-refractivity contribution in [3.63, 3.8) is 0 Å². The first-order chi connectivity index (χ1) is 13.1. The van der Waals surface area contributed by atoms with E-state index in [0.29, 0.717) is 28.7 Å². The van der Waals surface area contributed by atoms with Crippen molar-refractivity contribution >= 4 is 23.2 Å². The molecule has 0 saturated heterocycles. The van der Waals surface area contributed by atoms with Gasteiger partial charge in [0, 0.05) is 29.8 Å². The van der Waals surface area contributed by atoms with E-state index in [1.807, 2.05) is 18.2 Å². The van der Waals surface area contributed by atoms with Gasteiger partial charge in [-0.05, 0) is 0 Å². The predicted octanol–water partition coefficient (Wildman–Crippen LogP) is 4.01. The average Bonchev–Trinajstić information content (AvgIpc) is 3.10. The summed E-state index contributed by atoms with van der Waals surface area (Å²) in [6.07, 6.45) is 1.69. The highest BCUT2D eigenvalue weighted by Crippen LogP contribution is 2.27. The minimum absolute atomic E-state index is 0.00866. The molecule has 0 amide bonds. The second kappa shape index (κ2) is 8.41. The lowest BCUT2D eigenvalue weighted by atomic mass is 10.2. The van der Waals surface area contributed by atoms with Gasteiger partial charge in [0.1, 0.15) is 0 Å². The van der Waals surface area contributed by atoms with Gasteiger partial charge >= 0.3 is 0 Å². The molecule has 0 aliphatic rings. The number of aromatic nitrogens is 3. The summed E-state index contributed by atoms with van der Waals surface area (Å²) in [6, 6.07) is 15.2. The van der Waals surface area contributed by atoms with Crippen molar-refractivity contribution in [1.29, 1.82) is 0 Å². The van der Waals surface area contributed by atoms with Crippen molar-refractivity contribution in [1.82, 2.24) is 14.8 Å². The third kappa shape index (κ3) is 4.29. The number of thioether (sulfide) groups is 1. The topological polar surface area (TPSA) is 90.9 Å². The van der Waals surface area contributed by atoms with Crippen molar-refractivity contribution in [3.05, 3.63) is 82.9 Å². The van der Waals surface area contributed by atoms with Crippen LogP contribution in [-0.2, 0) is 6.54 Å². The molecule has 8 heteroatoms. The van der Waals surface area contributed by atoms with Crippen molar-refractivity contribution in [2.45, 2.75) is 11.7 Å². The molecule has 0 unspecified atom stereocenters. The zero-order valence-corrected chi connectivity index (χ0v) is 15.1. The number of hydrogen-bond donors (Lipinski definition) is 0. The van der Waals surface area contributed by atoms with Crippen molar-refractivity contribution in [2.75, 3.05) is 5.75 Å². The van der Waals surface area contributed by atoms with Gasteiger partial charge in [-0.2, -0.15) is 0 Å². The Bertz CT molecular complexity index is 986. The van der Waals surface area contributed by atoms with Crippen molar-refractivity contribution in [3.8, 4) is 11.4 Å². The number of hydrogen-bond acceptors (Lipinski definition) is 6. The van der Waals surface area contributed by atoms with E-state index in [4.69, 9.17) is 0 Å². The molecule has 1 aromatic heterocycles. The van der Waals surface area contributed by atoms with Crippen LogP contribution in [0, 0.1) is 10.1 Å². The molecule has 0 saturated carbocycles. The van der Waals surface area contributed by atoms with Crippen LogP contribution in [0.15, 0.2) is 72.4 Å². The first-order valence-corrected chi connectivity index (χ1v) is 9.08. The monoisotopic (exact) mass is 380 g/mol. The quantitative estimate of drug-likeness (QED) is 0.193. The molecule has 0 atom stereocenters. The van der Waals surface area contributed by atoms with E-state index in [1.165, 1.54) is 23.9 Å². The Labute approximate surface area is 159 Å². The molecule has 0 aliphatic carbocycles. The Kier molecular flexibility index (Phi) is 5.77. The Morgan fingerprint density at radius 2 is 1.96 bits per heavy atom. The first-order valence-electron chi connectivity index (χ1n) is 8.10. The maximum absolute atomic E-state index is 12.3. The molecule has 0 bridgehead atoms. The van der Waals surface area contributed by atoms with Crippen LogP contribution in [0.25, 0.3) is 11.4 Å². The van der Waals surface area contributed by atoms with Gasteiger partial charge in [-0.3, -0.25) is 19.5 Å². The lowest BCUT2D eigenvalue weighted by Crippen LogP contribution is -2.05. The second-order valence-electron chi connectivity index (χ2n) is 5.59. The van der Waals surface area contributed by atoms with Gasteiger partial charge in [0.25, 0.3) is 5.69 Å². The normalized spacial score (nSPS) is 10.5. The van der Waals surface area contributed by atoms with Gasteiger partial charge in [0.05, 0.1) is 10.7 Å². The van der Waals surface area contributed by atoms with Crippen LogP contribution in [-0.4, -0.2) is 31.2 Å². The highest BCUT2D eigenvalue weighted by Gasteiger charge is 2.17. The first kappa shape index (κ1) is 18.5. The highest BCUT2D eigenvalue weighted by atomic mass is 32.2. The summed E-state index contributed by atoms with van der Waals surface area (Å²) in [5.74, 6) is 0.702. The highest BCUT2D eigenvalue weighted by molar-refractivity contribution is 7.99. The summed E-state index contributed by atoms with van der Waals surface area (Å²) in [5, 5.41) is 19.9. The third-order valence-electron chi connectivity index (χ3n) is 3.77. The Hall–Kier alpha value is -3.26. The Morgan fingerprint density at radius 1 is 1.19 bits per heavy atom. The molecular weight excluding hydrogens is 364 g/mol. The van der Waals surface area contributed by atoms with E-state index in [9.17, 15) is 14.9 Å². The van der Waals surface area contributed by atoms with Gasteiger partial charge < -0.3 is 0 Å². The average molecular weight is 380 g/mol. The Morgan fingerprint density at radius 3 is 2.67 bits per heavy atom. The number of nitro benzene ring substituents is 1. The fraction of sp³-hybridized carbons (Fsp3) is 0.105. The molecule has 2 aromatic carbocycles. The number of nitrogens with zero attached hydrogens (tertiary/aromatic N) is 4. The number of ketones is 1. The van der Waals surface area contributed by atoms with Crippen LogP contribution >= 0.6 is 11.8 Å². The maximum Gasteiger partial charge on any atom is 0.270 e. The summed E-state index contributed by atoms with van der Waals surface area (Å²) in [6.45, 7) is 4.16. The van der Waals surface area contributed by atoms with Crippen molar-refractivity contribution in [2.24, 2.45) is 0 Å². The van der Waals surface area contributed by atoms with Crippen LogP contribution in [0.2, 0.25) is 0 Å². The number of carbonyl (C=O) groups is 1. The summed E-state index contributed by atoms with van der Waals surface area (Å²) >= 11 is 1.27. The summed E-state index contributed by atoms with van der Waals surface area (Å²) < 4.78 is 1.79. The van der Waals surface area contributed by atoms with E-state index in [0.717, 1.165) is 0 Å². The SMILES string of the molecule is C=CCn1c(SCC(=O)c2ccccc2)nnc1-c1cccc([N+](=O)[O-])c1. The third-order valence-corrected chi connectivity index (χ3v) is 4.74. The number of nitro groups is 1. The molecule has 0 N–H and O–H groups in total. The number of Topliss-reactive ketones (excluding diaryl/α,β-unsaturated/α-hetero) is 1. The lowest BCUT2D eigenvalue weighted by Gasteiger charge is -2.07. The fourth-order valence-electron chi connectivity index (χ4n) is 2.50. The van der Waals surface area contributed by atoms with Gasteiger partial charge in [0.2, 0.25) is 0 Å². The largest absolute Gasteiger partial charge is 0.298 e. The lowest BCUT2D eigenvalue weighted by molar-refractivity contribution is -0.384. The van der Waals surface area contributed by atoms with E-state index < -0.39 is 4.92 Å². The zero-order chi connectivity index (χ0) is 19.2. The summed E-state index contributed by atoms with van der Waals surface area (Å²) in [4.78, 5) is 22.9. The van der Waals surface area contributed by atoms with Gasteiger partial charge in [-0.15, -0.1) is 16.8 Å². The predicted molar refractivity (Wildman–Crippen MR) is 104 cm³/mol. The van der Waals surface area contributed by atoms with Crippen LogP contribution in [0.1, 0.15) is 10.4 Å². The van der Waals surface area contributed by atoms with E-state index in [1.54, 1.807) is 34.9 Å². The molecule has 0 radical (unpaired) electrons. The van der Waals surface area contributed by atoms with E-state index in [-0.39, 0.29) is 17.2 Å². The number of rotatable bonds is 8. The molecule has 27 heavy (non-hydrogen) atoms. The van der Waals surface area contributed by atoms with Crippen LogP contribution < -0.4 is 0 Å². The maximum atomic E-state index is 12.3. The second-order valence-corrected chi connectivity index (χ2v) is 6.53. The number of non-ortho nitro benzene ring substituents is 1. The molecular formula is C19H16N4O3S. The van der Waals surface area contributed by atoms with Crippen LogP contribution in [0.3, 0.4) is 0 Å². The molecule has 3 rings (SSSR count). The minimum atomic E-state index is -0.452. The summed E-state index contributed by atoms with van der Waals surface area (Å²) in [5.41, 5.74) is 1.20. The smallest absolute Gasteiger partial charge is 0.270 e. The minimum Gasteiger partial charge on any atom is -0.298 e. The number of benzene rings is 2. The molecule has 136 valence electrons. The molecule has 0 fully saturated rings. The Balaban J connectivity index is 1.85. The van der Waals surface area contributed by atoms with Gasteiger partial charge in [0.15, 0.2) is 16.8 Å². The van der Waals surface area contributed by atoms with Crippen molar-refractivity contribution < 1.29 is 9.72 Å². The number of carbonyl (C=O) groups excluding carboxylic acids is 1. The van der Waals surface area contributed by atoms with E-state index >= 15 is 0 Å². The molecule has 1 heterocycles. The molecule has 0 spiro atoms. The van der Waals surface area contributed by atoms with Crippen LogP contribution in [0.5, 0.6) is 0 Å². The summed E-state index contributed by atoms with van der Waals surface area (Å²) in [7, 11) is 0. The standard InChI is InChI=1S/C19H16N4O3S/c1-2-11-22-18(15-9-6-10-16(12-15)23(25)26)20-21-19(22)27-13-17(24)14-7-4-3-5-8-14/h2-10,12H,1,11,13H2. The molecule has 0 aliphatic heterocycles. The molecule has 7 nitrogen and oxygen atoms in total. The molecule has 3 aromatic rings. The zero-order valence-electron chi connectivity index (χ0n) is 14.3. The van der Waals surface area contributed by atoms with Gasteiger partial charge in [-0.1, -0.05) is 60.3 Å². The van der Waals surface area contributed by atoms with E-state index in [2.05, 4.69) is 16.8 Å². The fourth-order valence-corrected chi connectivity index (χ4v) is 3.34. The van der Waals surface area contributed by atoms with Gasteiger partial charge in [-0.25, -0.2) is 0 Å². The van der Waals surface area contributed by atoms with Crippen LogP contribution in [0.4, 0.5) is 5.69 Å². The number of allylic oxidation sites excluding steroid dienone is 1.